The van der Waals surface area contributed by atoms with Gasteiger partial charge in [-0.3, -0.25) is 0 Å². The van der Waals surface area contributed by atoms with Crippen LogP contribution >= 0.6 is 11.8 Å². The predicted octanol–water partition coefficient (Wildman–Crippen LogP) is 3.72. The lowest BCUT2D eigenvalue weighted by Gasteiger charge is -2.31. The average molecular weight is 266 g/mol. The zero-order valence-corrected chi connectivity index (χ0v) is 12.4. The van der Waals surface area contributed by atoms with E-state index in [4.69, 9.17) is 0 Å². The minimum atomic E-state index is 0.243. The maximum Gasteiger partial charge on any atom is 0.0672 e. The standard InChI is InChI=1S/C15H26N2S/c1-18-15(9-5-6-10-15)12-17-14-8-4-2-3-7-13(14)11-16/h13-14,17H,2-10,12H2,1H3. The Kier molecular flexibility index (Phi) is 5.38. The monoisotopic (exact) mass is 266 g/mol. The summed E-state index contributed by atoms with van der Waals surface area (Å²) in [6.07, 6.45) is 13.9. The van der Waals surface area contributed by atoms with Crippen LogP contribution in [-0.4, -0.2) is 23.6 Å². The van der Waals surface area contributed by atoms with Crippen LogP contribution in [0.25, 0.3) is 0 Å². The second-order valence-electron chi connectivity index (χ2n) is 5.96. The Morgan fingerprint density at radius 2 is 1.89 bits per heavy atom. The highest BCUT2D eigenvalue weighted by Crippen LogP contribution is 2.40. The van der Waals surface area contributed by atoms with Crippen molar-refractivity contribution >= 4 is 11.8 Å². The first kappa shape index (κ1) is 14.2. The van der Waals surface area contributed by atoms with Gasteiger partial charge < -0.3 is 5.32 Å². The number of nitrogens with zero attached hydrogens (tertiary/aromatic N) is 1. The zero-order chi connectivity index (χ0) is 12.8. The summed E-state index contributed by atoms with van der Waals surface area (Å²) in [6.45, 7) is 1.11. The highest BCUT2D eigenvalue weighted by atomic mass is 32.2. The van der Waals surface area contributed by atoms with Gasteiger partial charge in [0.1, 0.15) is 0 Å². The van der Waals surface area contributed by atoms with Gasteiger partial charge in [-0.15, -0.1) is 0 Å². The molecule has 102 valence electrons. The van der Waals surface area contributed by atoms with Crippen LogP contribution in [0.5, 0.6) is 0 Å². The molecule has 2 aliphatic rings. The fourth-order valence-electron chi connectivity index (χ4n) is 3.50. The van der Waals surface area contributed by atoms with Gasteiger partial charge in [0.15, 0.2) is 0 Å². The molecule has 18 heavy (non-hydrogen) atoms. The Labute approximate surface area is 116 Å². The van der Waals surface area contributed by atoms with E-state index in [2.05, 4.69) is 17.6 Å². The Bertz CT molecular complexity index is 291. The SMILES string of the molecule is CSC1(CNC2CCCCCC2C#N)CCCC1. The van der Waals surface area contributed by atoms with Crippen molar-refractivity contribution in [3.63, 3.8) is 0 Å². The van der Waals surface area contributed by atoms with Crippen LogP contribution in [0.3, 0.4) is 0 Å². The molecule has 0 aliphatic heterocycles. The predicted molar refractivity (Wildman–Crippen MR) is 78.7 cm³/mol. The molecule has 0 saturated heterocycles. The molecular weight excluding hydrogens is 240 g/mol. The van der Waals surface area contributed by atoms with E-state index >= 15 is 0 Å². The molecule has 0 bridgehead atoms. The first-order valence-corrected chi connectivity index (χ1v) is 8.70. The molecule has 0 aromatic rings. The van der Waals surface area contributed by atoms with Gasteiger partial charge in [-0.05, 0) is 31.9 Å². The molecule has 2 unspecified atom stereocenters. The molecule has 2 fully saturated rings. The number of hydrogen-bond donors (Lipinski definition) is 1. The second kappa shape index (κ2) is 6.82. The van der Waals surface area contributed by atoms with Crippen molar-refractivity contribution in [2.24, 2.45) is 5.92 Å². The maximum atomic E-state index is 9.30. The number of hydrogen-bond acceptors (Lipinski definition) is 3. The normalized spacial score (nSPS) is 31.8. The molecule has 0 spiro atoms. The van der Waals surface area contributed by atoms with E-state index < -0.39 is 0 Å². The van der Waals surface area contributed by atoms with Crippen molar-refractivity contribution in [1.82, 2.24) is 5.32 Å². The molecule has 2 nitrogen and oxygen atoms in total. The van der Waals surface area contributed by atoms with Gasteiger partial charge in [0.25, 0.3) is 0 Å². The van der Waals surface area contributed by atoms with E-state index in [1.807, 2.05) is 11.8 Å². The molecule has 0 radical (unpaired) electrons. The minimum absolute atomic E-state index is 0.243. The van der Waals surface area contributed by atoms with Crippen LogP contribution in [-0.2, 0) is 0 Å². The van der Waals surface area contributed by atoms with E-state index in [9.17, 15) is 5.26 Å². The molecule has 0 heterocycles. The van der Waals surface area contributed by atoms with E-state index in [1.165, 1.54) is 51.4 Å². The minimum Gasteiger partial charge on any atom is -0.311 e. The summed E-state index contributed by atoms with van der Waals surface area (Å²) in [5, 5.41) is 13.1. The Balaban J connectivity index is 1.89. The van der Waals surface area contributed by atoms with Crippen molar-refractivity contribution in [3.05, 3.63) is 0 Å². The molecule has 1 N–H and O–H groups in total. The molecule has 3 heteroatoms. The number of nitrogens with one attached hydrogen (secondary N) is 1. The van der Waals surface area contributed by atoms with E-state index in [0.717, 1.165) is 13.0 Å². The van der Waals surface area contributed by atoms with Crippen LogP contribution in [0.15, 0.2) is 0 Å². The smallest absolute Gasteiger partial charge is 0.0672 e. The third kappa shape index (κ3) is 3.42. The molecular formula is C15H26N2S. The van der Waals surface area contributed by atoms with E-state index in [0.29, 0.717) is 10.8 Å². The van der Waals surface area contributed by atoms with Gasteiger partial charge in [0.05, 0.1) is 12.0 Å². The van der Waals surface area contributed by atoms with Crippen LogP contribution in [0.4, 0.5) is 0 Å². The third-order valence-electron chi connectivity index (χ3n) is 4.82. The van der Waals surface area contributed by atoms with Crippen LogP contribution < -0.4 is 5.32 Å². The largest absolute Gasteiger partial charge is 0.311 e. The Hall–Kier alpha value is -0.200. The second-order valence-corrected chi connectivity index (χ2v) is 7.23. The molecule has 2 atom stereocenters. The molecule has 2 aliphatic carbocycles. The summed E-state index contributed by atoms with van der Waals surface area (Å²) in [5.41, 5.74) is 0. The van der Waals surface area contributed by atoms with Crippen molar-refractivity contribution in [2.45, 2.75) is 68.6 Å². The highest BCUT2D eigenvalue weighted by Gasteiger charge is 2.34. The van der Waals surface area contributed by atoms with Gasteiger partial charge in [-0.1, -0.05) is 32.1 Å². The molecule has 0 aromatic carbocycles. The van der Waals surface area contributed by atoms with Crippen LogP contribution in [0.1, 0.15) is 57.8 Å². The summed E-state index contributed by atoms with van der Waals surface area (Å²) in [5.74, 6) is 0.243. The maximum absolute atomic E-state index is 9.30. The summed E-state index contributed by atoms with van der Waals surface area (Å²) in [7, 11) is 0. The lowest BCUT2D eigenvalue weighted by Crippen LogP contribution is -2.43. The zero-order valence-electron chi connectivity index (χ0n) is 11.6. The first-order chi connectivity index (χ1) is 8.79. The molecule has 2 saturated carbocycles. The fraction of sp³-hybridized carbons (Fsp3) is 0.933. The van der Waals surface area contributed by atoms with Gasteiger partial charge in [-0.2, -0.15) is 17.0 Å². The number of nitriles is 1. The summed E-state index contributed by atoms with van der Waals surface area (Å²) < 4.78 is 0.465. The van der Waals surface area contributed by atoms with E-state index in [-0.39, 0.29) is 5.92 Å². The lowest BCUT2D eigenvalue weighted by atomic mass is 9.95. The summed E-state index contributed by atoms with van der Waals surface area (Å²) in [6, 6.07) is 2.98. The van der Waals surface area contributed by atoms with E-state index in [1.54, 1.807) is 0 Å². The number of rotatable bonds is 4. The topological polar surface area (TPSA) is 35.8 Å². The average Bonchev–Trinajstić information content (AvgIpc) is 2.76. The van der Waals surface area contributed by atoms with Crippen molar-refractivity contribution < 1.29 is 0 Å². The van der Waals surface area contributed by atoms with Gasteiger partial charge in [0, 0.05) is 17.3 Å². The fourth-order valence-corrected chi connectivity index (χ4v) is 4.42. The third-order valence-corrected chi connectivity index (χ3v) is 6.23. The van der Waals surface area contributed by atoms with Gasteiger partial charge in [0.2, 0.25) is 0 Å². The van der Waals surface area contributed by atoms with Crippen LogP contribution in [0.2, 0.25) is 0 Å². The van der Waals surface area contributed by atoms with Crippen molar-refractivity contribution in [3.8, 4) is 6.07 Å². The summed E-state index contributed by atoms with van der Waals surface area (Å²) in [4.78, 5) is 0. The van der Waals surface area contributed by atoms with Gasteiger partial charge >= 0.3 is 0 Å². The number of thioether (sulfide) groups is 1. The van der Waals surface area contributed by atoms with Crippen molar-refractivity contribution in [1.29, 1.82) is 5.26 Å². The molecule has 0 aromatic heterocycles. The first-order valence-electron chi connectivity index (χ1n) is 7.48. The Morgan fingerprint density at radius 1 is 1.17 bits per heavy atom. The Morgan fingerprint density at radius 3 is 2.56 bits per heavy atom. The van der Waals surface area contributed by atoms with Gasteiger partial charge in [-0.25, -0.2) is 0 Å². The molecule has 2 rings (SSSR count). The highest BCUT2D eigenvalue weighted by molar-refractivity contribution is 8.00. The van der Waals surface area contributed by atoms with Crippen molar-refractivity contribution in [2.75, 3.05) is 12.8 Å². The molecule has 0 amide bonds. The van der Waals surface area contributed by atoms with Crippen LogP contribution in [0, 0.1) is 17.2 Å². The lowest BCUT2D eigenvalue weighted by molar-refractivity contribution is 0.373. The summed E-state index contributed by atoms with van der Waals surface area (Å²) >= 11 is 2.04. The quantitative estimate of drug-likeness (QED) is 0.788.